The van der Waals surface area contributed by atoms with Gasteiger partial charge in [0.1, 0.15) is 30.2 Å². The van der Waals surface area contributed by atoms with Crippen LogP contribution in [0.15, 0.2) is 35.5 Å². The summed E-state index contributed by atoms with van der Waals surface area (Å²) in [6.45, 7) is -0.233. The Balaban J connectivity index is 1.61. The van der Waals surface area contributed by atoms with Crippen LogP contribution in [0.2, 0.25) is 0 Å². The molecule has 2 aliphatic heterocycles. The number of amides is 7. The van der Waals surface area contributed by atoms with E-state index in [-0.39, 0.29) is 56.2 Å². The van der Waals surface area contributed by atoms with Crippen molar-refractivity contribution >= 4 is 85.8 Å². The lowest BCUT2D eigenvalue weighted by Crippen LogP contribution is -2.59. The number of aliphatic imine (C=N–C) groups is 1. The van der Waals surface area contributed by atoms with Crippen molar-refractivity contribution in [1.82, 2.24) is 36.5 Å². The fourth-order valence-corrected chi connectivity index (χ4v) is 8.56. The topological polar surface area (TPSA) is 326 Å². The summed E-state index contributed by atoms with van der Waals surface area (Å²) in [5.41, 5.74) is 17.8. The molecule has 3 heterocycles. The Bertz CT molecular complexity index is 1840. The van der Waals surface area contributed by atoms with Crippen molar-refractivity contribution in [2.45, 2.75) is 81.6 Å². The van der Waals surface area contributed by atoms with Crippen LogP contribution in [0.1, 0.15) is 50.5 Å². The molecule has 0 saturated carbocycles. The van der Waals surface area contributed by atoms with Crippen LogP contribution in [0.25, 0.3) is 10.9 Å². The van der Waals surface area contributed by atoms with Crippen LogP contribution in [-0.4, -0.2) is 130 Å². The predicted molar refractivity (Wildman–Crippen MR) is 213 cm³/mol. The molecule has 1 aromatic carbocycles. The molecule has 2 unspecified atom stereocenters. The minimum Gasteiger partial charge on any atom is -0.481 e. The maximum Gasteiger partial charge on any atom is 0.305 e. The molecular formula is C35H49N11O9S2. The second-order valence-corrected chi connectivity index (χ2v) is 16.1. The van der Waals surface area contributed by atoms with Gasteiger partial charge in [0.2, 0.25) is 41.4 Å². The Morgan fingerprint density at radius 2 is 1.63 bits per heavy atom. The largest absolute Gasteiger partial charge is 0.481 e. The van der Waals surface area contributed by atoms with Crippen LogP contribution in [-0.2, 0) is 44.8 Å². The van der Waals surface area contributed by atoms with Gasteiger partial charge in [-0.2, -0.15) is 0 Å². The fraction of sp³-hybridized carbons (Fsp3) is 0.514. The minimum atomic E-state index is -1.68. The second-order valence-electron chi connectivity index (χ2n) is 13.5. The number of primary amides is 1. The number of nitrogens with one attached hydrogen (secondary N) is 6. The third-order valence-corrected chi connectivity index (χ3v) is 11.7. The molecule has 2 fully saturated rings. The van der Waals surface area contributed by atoms with Gasteiger partial charge in [0.15, 0.2) is 5.96 Å². The molecule has 0 aliphatic carbocycles. The predicted octanol–water partition coefficient (Wildman–Crippen LogP) is -2.05. The number of hydrogen-bond acceptors (Lipinski definition) is 11. The number of aromatic amines is 1. The first-order valence-corrected chi connectivity index (χ1v) is 20.9. The zero-order chi connectivity index (χ0) is 41.5. The number of nitrogens with zero attached hydrogens (tertiary/aromatic N) is 2. The van der Waals surface area contributed by atoms with Gasteiger partial charge in [-0.1, -0.05) is 39.8 Å². The summed E-state index contributed by atoms with van der Waals surface area (Å²) in [5, 5.41) is 23.1. The van der Waals surface area contributed by atoms with Crippen LogP contribution < -0.4 is 43.8 Å². The Kier molecular flexibility index (Phi) is 16.8. The maximum absolute atomic E-state index is 14.3. The van der Waals surface area contributed by atoms with E-state index in [1.807, 2.05) is 18.2 Å². The third-order valence-electron chi connectivity index (χ3n) is 9.24. The Labute approximate surface area is 335 Å². The van der Waals surface area contributed by atoms with Gasteiger partial charge < -0.3 is 58.8 Å². The average Bonchev–Trinajstić information content (AvgIpc) is 3.82. The van der Waals surface area contributed by atoms with Gasteiger partial charge in [0, 0.05) is 54.5 Å². The van der Waals surface area contributed by atoms with E-state index in [2.05, 4.69) is 36.6 Å². The monoisotopic (exact) mass is 831 g/mol. The molecule has 1 aromatic heterocycles. The number of nitrogens with two attached hydrogens (primary N) is 3. The summed E-state index contributed by atoms with van der Waals surface area (Å²) in [7, 11) is 2.45. The van der Waals surface area contributed by atoms with Crippen LogP contribution in [0.3, 0.4) is 0 Å². The van der Waals surface area contributed by atoms with Crippen molar-refractivity contribution in [3.05, 3.63) is 36.0 Å². The van der Waals surface area contributed by atoms with E-state index in [0.29, 0.717) is 24.8 Å². The van der Waals surface area contributed by atoms with Crippen molar-refractivity contribution < 1.29 is 43.5 Å². The first-order valence-electron chi connectivity index (χ1n) is 18.4. The number of carboxylic acid groups (broad SMARTS) is 1. The van der Waals surface area contributed by atoms with Crippen molar-refractivity contribution in [1.29, 1.82) is 0 Å². The second kappa shape index (κ2) is 21.7. The highest BCUT2D eigenvalue weighted by Gasteiger charge is 2.40. The van der Waals surface area contributed by atoms with Crippen LogP contribution in [0.4, 0.5) is 0 Å². The molecule has 20 nitrogen and oxygen atoms in total. The van der Waals surface area contributed by atoms with Gasteiger partial charge in [-0.25, -0.2) is 0 Å². The average molecular weight is 832 g/mol. The standard InChI is InChI=1S/C35H49N11O9S2/c36-30(51)25-18-57-56-13-10-27(47)42-22(8-3-4-11-39-35(37)38)31(52)41-17-28(48)43-23(15-29(49)50)32(53)44-24(14-19-16-40-21-7-2-1-6-20(19)21)34(55)46-12-5-9-26(46)33(54)45-25/h1-2,6-7,16,22-26,40H,3-5,8-15,17-18H2,(H2,36,51)(H,41,52)(H,42,47)(H,43,48)(H,44,53)(H,45,54)(H,49,50)(H4,37,38,39)/t22?,23-,24-,25?,26-/m0/s1. The lowest BCUT2D eigenvalue weighted by Gasteiger charge is -2.30. The number of fused-ring (bicyclic) bond motifs is 2. The summed E-state index contributed by atoms with van der Waals surface area (Å²) in [5.74, 6) is -6.35. The minimum absolute atomic E-state index is 0.0195. The number of para-hydroxylation sites is 1. The summed E-state index contributed by atoms with van der Waals surface area (Å²) in [6.07, 6.45) is 2.48. The smallest absolute Gasteiger partial charge is 0.305 e. The zero-order valence-corrected chi connectivity index (χ0v) is 32.8. The molecule has 22 heteroatoms. The number of benzene rings is 1. The number of unbranched alkanes of at least 4 members (excludes halogenated alkanes) is 1. The molecule has 0 radical (unpaired) electrons. The van der Waals surface area contributed by atoms with Gasteiger partial charge >= 0.3 is 5.97 Å². The number of guanidine groups is 1. The van der Waals surface area contributed by atoms with E-state index in [1.54, 1.807) is 12.3 Å². The van der Waals surface area contributed by atoms with E-state index in [9.17, 15) is 43.5 Å². The van der Waals surface area contributed by atoms with Crippen molar-refractivity contribution in [3.8, 4) is 0 Å². The van der Waals surface area contributed by atoms with Gasteiger partial charge in [-0.3, -0.25) is 43.3 Å². The summed E-state index contributed by atoms with van der Waals surface area (Å²) in [6, 6.07) is 1.07. The molecule has 310 valence electrons. The molecule has 57 heavy (non-hydrogen) atoms. The van der Waals surface area contributed by atoms with Gasteiger partial charge in [0.25, 0.3) is 0 Å². The number of carboxylic acids is 1. The molecule has 5 atom stereocenters. The zero-order valence-electron chi connectivity index (χ0n) is 31.1. The molecule has 13 N–H and O–H groups in total. The molecule has 2 saturated heterocycles. The van der Waals surface area contributed by atoms with Crippen LogP contribution >= 0.6 is 21.6 Å². The Morgan fingerprint density at radius 1 is 0.877 bits per heavy atom. The van der Waals surface area contributed by atoms with E-state index in [4.69, 9.17) is 17.2 Å². The van der Waals surface area contributed by atoms with Crippen molar-refractivity contribution in [3.63, 3.8) is 0 Å². The van der Waals surface area contributed by atoms with Gasteiger partial charge in [-0.05, 0) is 43.7 Å². The van der Waals surface area contributed by atoms with Crippen molar-refractivity contribution in [2.75, 3.05) is 31.1 Å². The number of rotatable bonds is 10. The molecule has 2 aliphatic rings. The van der Waals surface area contributed by atoms with E-state index < -0.39 is 90.5 Å². The quantitative estimate of drug-likeness (QED) is 0.0534. The lowest BCUT2D eigenvalue weighted by molar-refractivity contribution is -0.143. The number of aliphatic carboxylic acids is 1. The first-order chi connectivity index (χ1) is 27.2. The fourth-order valence-electron chi connectivity index (χ4n) is 6.39. The molecule has 0 bridgehead atoms. The summed E-state index contributed by atoms with van der Waals surface area (Å²) < 4.78 is 0. The van der Waals surface area contributed by atoms with Crippen LogP contribution in [0, 0.1) is 0 Å². The number of hydrogen-bond donors (Lipinski definition) is 10. The summed E-state index contributed by atoms with van der Waals surface area (Å²) >= 11 is 0. The Hall–Kier alpha value is -5.51. The van der Waals surface area contributed by atoms with Gasteiger partial charge in [0.05, 0.1) is 13.0 Å². The Morgan fingerprint density at radius 3 is 2.37 bits per heavy atom. The highest BCUT2D eigenvalue weighted by Crippen LogP contribution is 2.25. The number of carbonyl (C=O) groups excluding carboxylic acids is 7. The molecule has 0 spiro atoms. The van der Waals surface area contributed by atoms with Crippen LogP contribution in [0.5, 0.6) is 0 Å². The highest BCUT2D eigenvalue weighted by atomic mass is 33.1. The molecule has 2 aromatic rings. The van der Waals surface area contributed by atoms with E-state index in [0.717, 1.165) is 10.9 Å². The SMILES string of the molecule is NC(=O)C1CSSCCC(=O)NC(CCCCN=C(N)N)C(=O)NCC(=O)N[C@@H](CC(=O)O)C(=O)N[C@@H](Cc2c[nH]c3ccccc23)C(=O)N2CCC[C@H]2C(=O)N1. The maximum atomic E-state index is 14.3. The number of carbonyl (C=O) groups is 8. The van der Waals surface area contributed by atoms with Gasteiger partial charge in [-0.15, -0.1) is 0 Å². The number of H-pyrrole nitrogens is 1. The molecule has 7 amide bonds. The number of aromatic nitrogens is 1. The highest BCUT2D eigenvalue weighted by molar-refractivity contribution is 8.76. The first kappa shape index (κ1) is 44.2. The summed E-state index contributed by atoms with van der Waals surface area (Å²) in [4.78, 5) is 114. The molecular weight excluding hydrogens is 783 g/mol. The normalized spacial score (nSPS) is 23.6. The lowest BCUT2D eigenvalue weighted by atomic mass is 10.0. The van der Waals surface area contributed by atoms with E-state index >= 15 is 0 Å². The van der Waals surface area contributed by atoms with E-state index in [1.165, 1.54) is 26.5 Å². The third kappa shape index (κ3) is 13.6. The molecule has 4 rings (SSSR count). The van der Waals surface area contributed by atoms with Crippen molar-refractivity contribution in [2.24, 2.45) is 22.2 Å².